The van der Waals surface area contributed by atoms with Crippen LogP contribution in [0.4, 0.5) is 5.69 Å². The minimum Gasteiger partial charge on any atom is -0.492 e. The number of nitrogens with zero attached hydrogens (tertiary/aromatic N) is 2. The van der Waals surface area contributed by atoms with Gasteiger partial charge in [-0.2, -0.15) is 8.42 Å². The number of hydrogen-bond donors (Lipinski definition) is 2. The second kappa shape index (κ2) is 8.37. The molecule has 1 atom stereocenters. The molecular formula is C22H22N4O6S. The molecule has 172 valence electrons. The van der Waals surface area contributed by atoms with Gasteiger partial charge in [-0.05, 0) is 31.0 Å². The van der Waals surface area contributed by atoms with E-state index in [0.717, 1.165) is 12.8 Å². The Bertz CT molecular complexity index is 1230. The molecule has 3 N–H and O–H groups in total. The van der Waals surface area contributed by atoms with Crippen molar-refractivity contribution in [1.82, 2.24) is 4.90 Å². The van der Waals surface area contributed by atoms with Crippen LogP contribution in [0.15, 0.2) is 28.7 Å². The summed E-state index contributed by atoms with van der Waals surface area (Å²) in [6, 6.07) is 12.2. The fourth-order valence-corrected chi connectivity index (χ4v) is 5.05. The molecule has 1 amide bonds. The topological polar surface area (TPSA) is 133 Å². The van der Waals surface area contributed by atoms with Crippen molar-refractivity contribution in [2.75, 3.05) is 37.6 Å². The number of piperidine rings is 1. The highest BCUT2D eigenvalue weighted by Crippen LogP contribution is 2.34. The minimum absolute atomic E-state index is 0.0873. The number of nitrogens with one attached hydrogen (secondary N) is 1. The van der Waals surface area contributed by atoms with Gasteiger partial charge in [-0.1, -0.05) is 12.1 Å². The smallest absolute Gasteiger partial charge is 0.344 e. The van der Waals surface area contributed by atoms with Gasteiger partial charge >= 0.3 is 10.2 Å². The number of hydrogen-bond acceptors (Lipinski definition) is 7. The quantitative estimate of drug-likeness (QED) is 0.689. The van der Waals surface area contributed by atoms with Crippen molar-refractivity contribution in [2.45, 2.75) is 12.8 Å². The van der Waals surface area contributed by atoms with E-state index < -0.39 is 10.2 Å². The fourth-order valence-electron chi connectivity index (χ4n) is 4.21. The van der Waals surface area contributed by atoms with Crippen molar-refractivity contribution >= 4 is 27.6 Å². The molecule has 3 aliphatic rings. The molecule has 10 nitrogen and oxygen atoms in total. The monoisotopic (exact) mass is 470 g/mol. The minimum atomic E-state index is -3.86. The summed E-state index contributed by atoms with van der Waals surface area (Å²) in [5, 5.41) is 0. The molecule has 0 saturated carbocycles. The molecule has 5 rings (SSSR count). The molecule has 2 aromatic carbocycles. The Kier molecular flexibility index (Phi) is 5.38. The number of amides is 1. The maximum Gasteiger partial charge on any atom is 0.344 e. The van der Waals surface area contributed by atoms with Gasteiger partial charge in [0.2, 0.25) is 5.75 Å². The zero-order valence-electron chi connectivity index (χ0n) is 17.7. The predicted octanol–water partition coefficient (Wildman–Crippen LogP) is 1.36. The van der Waals surface area contributed by atoms with Crippen molar-refractivity contribution in [2.24, 2.45) is 16.0 Å². The van der Waals surface area contributed by atoms with Crippen molar-refractivity contribution < 1.29 is 27.4 Å². The number of nitrogens with two attached hydrogens (primary N) is 1. The molecule has 33 heavy (non-hydrogen) atoms. The van der Waals surface area contributed by atoms with Crippen LogP contribution < -0.4 is 24.7 Å². The van der Waals surface area contributed by atoms with Crippen molar-refractivity contribution in [3.63, 3.8) is 0 Å². The summed E-state index contributed by atoms with van der Waals surface area (Å²) in [5.41, 5.74) is 7.04. The van der Waals surface area contributed by atoms with Gasteiger partial charge in [0, 0.05) is 25.1 Å². The Morgan fingerprint density at radius 2 is 2.18 bits per heavy atom. The largest absolute Gasteiger partial charge is 0.492 e. The van der Waals surface area contributed by atoms with Gasteiger partial charge in [0.25, 0.3) is 5.91 Å². The summed E-state index contributed by atoms with van der Waals surface area (Å²) < 4.78 is 46.6. The summed E-state index contributed by atoms with van der Waals surface area (Å²) in [5.74, 6) is 1.08. The third-order valence-corrected chi connectivity index (χ3v) is 6.60. The number of likely N-dealkylation sites (tertiary alicyclic amines) is 1. The van der Waals surface area contributed by atoms with Crippen LogP contribution in [0.1, 0.15) is 28.8 Å². The van der Waals surface area contributed by atoms with Crippen molar-refractivity contribution in [3.05, 3.63) is 47.5 Å². The van der Waals surface area contributed by atoms with E-state index in [1.807, 2.05) is 0 Å². The Morgan fingerprint density at radius 3 is 3.06 bits per heavy atom. The number of amidine groups is 1. The molecule has 0 spiro atoms. The van der Waals surface area contributed by atoms with Gasteiger partial charge in [0.05, 0.1) is 23.4 Å². The molecule has 0 bridgehead atoms. The molecule has 0 unspecified atom stereocenters. The molecule has 3 heterocycles. The van der Waals surface area contributed by atoms with Gasteiger partial charge in [0.1, 0.15) is 19.0 Å². The van der Waals surface area contributed by atoms with E-state index >= 15 is 0 Å². The molecule has 0 radical (unpaired) electrons. The third-order valence-electron chi connectivity index (χ3n) is 5.68. The summed E-state index contributed by atoms with van der Waals surface area (Å²) >= 11 is 0. The maximum atomic E-state index is 13.2. The number of benzene rings is 1. The second-order valence-electron chi connectivity index (χ2n) is 7.99. The molecule has 3 aliphatic heterocycles. The number of carbonyl (C=O) groups is 1. The van der Waals surface area contributed by atoms with Crippen LogP contribution in [-0.4, -0.2) is 58.0 Å². The van der Waals surface area contributed by atoms with Crippen LogP contribution in [0.5, 0.6) is 17.2 Å². The first-order chi connectivity index (χ1) is 15.9. The van der Waals surface area contributed by atoms with Crippen LogP contribution in [-0.2, 0) is 10.2 Å². The number of carbonyl (C=O) groups excluding carboxylic acids is 1. The average molecular weight is 471 g/mol. The van der Waals surface area contributed by atoms with Crippen LogP contribution in [0.3, 0.4) is 0 Å². The first-order valence-electron chi connectivity index (χ1n) is 10.6. The lowest BCUT2D eigenvalue weighted by atomic mass is 9.98. The van der Waals surface area contributed by atoms with Crippen LogP contribution in [0, 0.1) is 18.1 Å². The zero-order chi connectivity index (χ0) is 23.0. The van der Waals surface area contributed by atoms with E-state index in [9.17, 15) is 13.2 Å². The summed E-state index contributed by atoms with van der Waals surface area (Å²) in [6.45, 7) is 2.28. The molecule has 0 aromatic heterocycles. The first kappa shape index (κ1) is 21.2. The number of rotatable bonds is 4. The van der Waals surface area contributed by atoms with Gasteiger partial charge in [-0.3, -0.25) is 9.52 Å². The first-order valence-corrected chi connectivity index (χ1v) is 12.0. The lowest BCUT2D eigenvalue weighted by Crippen LogP contribution is -2.42. The fraction of sp³-hybridized carbons (Fsp3) is 0.364. The van der Waals surface area contributed by atoms with Crippen molar-refractivity contribution in [1.29, 1.82) is 0 Å². The molecule has 0 aliphatic carbocycles. The Morgan fingerprint density at radius 1 is 1.33 bits per heavy atom. The molecular weight excluding hydrogens is 448 g/mol. The van der Waals surface area contributed by atoms with Gasteiger partial charge in [-0.25, -0.2) is 0 Å². The van der Waals surface area contributed by atoms with E-state index in [0.29, 0.717) is 67.0 Å². The number of anilines is 1. The second-order valence-corrected chi connectivity index (χ2v) is 9.32. The Hall–Kier alpha value is -3.65. The lowest BCUT2D eigenvalue weighted by Gasteiger charge is -2.33. The number of ether oxygens (including phenoxy) is 3. The van der Waals surface area contributed by atoms with Crippen LogP contribution in [0.2, 0.25) is 0 Å². The van der Waals surface area contributed by atoms with E-state index in [1.54, 1.807) is 29.2 Å². The van der Waals surface area contributed by atoms with Gasteiger partial charge in [0.15, 0.2) is 11.6 Å². The van der Waals surface area contributed by atoms with E-state index in [2.05, 4.69) is 21.3 Å². The summed E-state index contributed by atoms with van der Waals surface area (Å²) in [6.07, 6.45) is 1.72. The molecule has 2 aromatic rings. The van der Waals surface area contributed by atoms with Gasteiger partial charge in [-0.15, -0.1) is 4.40 Å². The zero-order valence-corrected chi connectivity index (χ0v) is 18.5. The van der Waals surface area contributed by atoms with Crippen LogP contribution >= 0.6 is 0 Å². The SMILES string of the molecule is NC1=NS(=O)(=O)Nc2cccc(OC[C@H]3CCCN(C(=O)c4cc#cc5c4OCCO5)C3)c21. The number of fused-ring (bicyclic) bond motifs is 2. The van der Waals surface area contributed by atoms with Crippen molar-refractivity contribution in [3.8, 4) is 17.2 Å². The third kappa shape index (κ3) is 4.21. The standard InChI is InChI=1S/C22H22N4O6S/c23-21-19-16(24-33(28,29)25-21)6-2-7-17(19)32-13-14-4-3-9-26(12-14)22(27)15-5-1-8-18-20(15)31-11-10-30-18/h2,5-7,14,24H,3-4,9-13H2,(H2,23,25)/t14-/m0/s1. The van der Waals surface area contributed by atoms with Crippen LogP contribution in [0.25, 0.3) is 0 Å². The highest BCUT2D eigenvalue weighted by Gasteiger charge is 2.30. The predicted molar refractivity (Wildman–Crippen MR) is 119 cm³/mol. The summed E-state index contributed by atoms with van der Waals surface area (Å²) in [7, 11) is -3.86. The van der Waals surface area contributed by atoms with E-state index in [4.69, 9.17) is 19.9 Å². The normalized spacial score (nSPS) is 20.5. The van der Waals surface area contributed by atoms with E-state index in [-0.39, 0.29) is 17.7 Å². The highest BCUT2D eigenvalue weighted by molar-refractivity contribution is 7.91. The van der Waals surface area contributed by atoms with E-state index in [1.165, 1.54) is 0 Å². The molecule has 1 saturated heterocycles. The average Bonchev–Trinajstić information content (AvgIpc) is 2.81. The lowest BCUT2D eigenvalue weighted by molar-refractivity contribution is 0.0624. The summed E-state index contributed by atoms with van der Waals surface area (Å²) in [4.78, 5) is 15.0. The Labute approximate surface area is 191 Å². The Balaban J connectivity index is 1.28. The maximum absolute atomic E-state index is 13.2. The van der Waals surface area contributed by atoms with Gasteiger partial charge < -0.3 is 24.8 Å². The molecule has 11 heteroatoms. The molecule has 1 fully saturated rings. The highest BCUT2D eigenvalue weighted by atomic mass is 32.2.